The number of tetrazole rings is 1. The Morgan fingerprint density at radius 1 is 0.973 bits per heavy atom. The molecule has 3 aromatic heterocycles. The summed E-state index contributed by atoms with van der Waals surface area (Å²) in [5, 5.41) is 14.2. The highest BCUT2D eigenvalue weighted by Gasteiger charge is 2.16. The molecule has 0 aliphatic heterocycles. The van der Waals surface area contributed by atoms with Crippen LogP contribution in [0.1, 0.15) is 42.7 Å². The van der Waals surface area contributed by atoms with Gasteiger partial charge in [-0.25, -0.2) is 9.89 Å². The number of aromatic amines is 1. The summed E-state index contributed by atoms with van der Waals surface area (Å²) in [6, 6.07) is 18.4. The number of rotatable bonds is 9. The van der Waals surface area contributed by atoms with Crippen molar-refractivity contribution in [3.63, 3.8) is 0 Å². The molecule has 5 aromatic rings. The maximum atomic E-state index is 13.6. The normalized spacial score (nSPS) is 11.2. The van der Waals surface area contributed by atoms with Crippen molar-refractivity contribution < 1.29 is 0 Å². The number of para-hydroxylation sites is 1. The molecule has 8 heteroatoms. The van der Waals surface area contributed by atoms with Gasteiger partial charge in [-0.3, -0.25) is 14.1 Å². The van der Waals surface area contributed by atoms with Crippen molar-refractivity contribution in [2.24, 2.45) is 0 Å². The Morgan fingerprint density at radius 3 is 2.54 bits per heavy atom. The fraction of sp³-hybridized carbons (Fsp3) is 0.276. The molecule has 0 saturated carbocycles. The molecular weight excluding hydrogens is 462 g/mol. The fourth-order valence-electron chi connectivity index (χ4n) is 4.90. The summed E-state index contributed by atoms with van der Waals surface area (Å²) in [5.74, 6) is 0.583. The number of aryl methyl sites for hydroxylation is 4. The molecule has 0 unspecified atom stereocenters. The molecule has 0 atom stereocenters. The molecular formula is C29H31N7O. The van der Waals surface area contributed by atoms with Crippen LogP contribution in [0.4, 0.5) is 0 Å². The number of imidazole rings is 1. The Bertz CT molecular complexity index is 1550. The van der Waals surface area contributed by atoms with Gasteiger partial charge in [0, 0.05) is 35.8 Å². The molecule has 1 N–H and O–H groups in total. The van der Waals surface area contributed by atoms with Gasteiger partial charge in [0.05, 0.1) is 11.4 Å². The number of H-pyrrole nitrogens is 1. The molecule has 0 radical (unpaired) electrons. The van der Waals surface area contributed by atoms with Gasteiger partial charge in [0.1, 0.15) is 0 Å². The molecule has 0 fully saturated rings. The van der Waals surface area contributed by atoms with Crippen LogP contribution in [0.3, 0.4) is 0 Å². The van der Waals surface area contributed by atoms with Gasteiger partial charge in [0.25, 0.3) is 0 Å². The Kier molecular flexibility index (Phi) is 7.07. The smallest absolute Gasteiger partial charge is 0.296 e. The number of hydrogen-bond acceptors (Lipinski definition) is 5. The number of hydrogen-bond donors (Lipinski definition) is 1. The summed E-state index contributed by atoms with van der Waals surface area (Å²) >= 11 is 0. The van der Waals surface area contributed by atoms with Crippen molar-refractivity contribution in [1.29, 1.82) is 0 Å². The molecule has 5 rings (SSSR count). The Morgan fingerprint density at radius 2 is 1.81 bits per heavy atom. The van der Waals surface area contributed by atoms with Crippen LogP contribution in [0.15, 0.2) is 71.8 Å². The van der Waals surface area contributed by atoms with E-state index >= 15 is 0 Å². The summed E-state index contributed by atoms with van der Waals surface area (Å²) in [7, 11) is 0. The summed E-state index contributed by atoms with van der Waals surface area (Å²) < 4.78 is 3.79. The third kappa shape index (κ3) is 4.87. The van der Waals surface area contributed by atoms with E-state index in [1.54, 1.807) is 6.20 Å². The minimum Gasteiger partial charge on any atom is -0.296 e. The minimum absolute atomic E-state index is 0.0304. The molecule has 0 aliphatic rings. The van der Waals surface area contributed by atoms with Crippen molar-refractivity contribution in [3.05, 3.63) is 99.9 Å². The van der Waals surface area contributed by atoms with E-state index in [0.717, 1.165) is 65.0 Å². The second-order valence-electron chi connectivity index (χ2n) is 9.21. The maximum Gasteiger partial charge on any atom is 0.332 e. The van der Waals surface area contributed by atoms with Crippen LogP contribution in [0.2, 0.25) is 0 Å². The van der Waals surface area contributed by atoms with Crippen LogP contribution in [-0.4, -0.2) is 34.7 Å². The first-order valence-corrected chi connectivity index (χ1v) is 12.8. The third-order valence-electron chi connectivity index (χ3n) is 6.77. The van der Waals surface area contributed by atoms with E-state index < -0.39 is 0 Å². The second kappa shape index (κ2) is 10.7. The zero-order valence-corrected chi connectivity index (χ0v) is 21.5. The molecule has 0 saturated heterocycles. The predicted molar refractivity (Wildman–Crippen MR) is 145 cm³/mol. The van der Waals surface area contributed by atoms with Crippen molar-refractivity contribution >= 4 is 0 Å². The van der Waals surface area contributed by atoms with E-state index in [-0.39, 0.29) is 5.69 Å². The molecule has 0 amide bonds. The first-order valence-electron chi connectivity index (χ1n) is 12.8. The summed E-state index contributed by atoms with van der Waals surface area (Å²) in [4.78, 5) is 18.2. The topological polar surface area (TPSA) is 94.3 Å². The van der Waals surface area contributed by atoms with Crippen molar-refractivity contribution in [2.75, 3.05) is 0 Å². The van der Waals surface area contributed by atoms with Crippen molar-refractivity contribution in [1.82, 2.24) is 34.7 Å². The number of pyridine rings is 1. The molecule has 0 spiro atoms. The molecule has 8 nitrogen and oxygen atoms in total. The van der Waals surface area contributed by atoms with Gasteiger partial charge in [-0.1, -0.05) is 62.7 Å². The van der Waals surface area contributed by atoms with Gasteiger partial charge in [-0.05, 0) is 65.4 Å². The highest BCUT2D eigenvalue weighted by atomic mass is 16.1. The van der Waals surface area contributed by atoms with E-state index in [0.29, 0.717) is 12.4 Å². The zero-order valence-electron chi connectivity index (χ0n) is 21.5. The fourth-order valence-corrected chi connectivity index (χ4v) is 4.90. The monoisotopic (exact) mass is 493 g/mol. The number of benzene rings is 2. The van der Waals surface area contributed by atoms with Crippen LogP contribution >= 0.6 is 0 Å². The van der Waals surface area contributed by atoms with E-state index in [9.17, 15) is 4.79 Å². The standard InChI is InChI=1S/C29H31N7O/c1-4-8-24-19-36(27-20(3)9-6-10-22(27)5-2)29(37)35(24)18-16-21-12-14-23(15-13-21)26-25(11-7-17-30-26)28-31-33-34-32-28/h6-7,9-15,17,19H,4-5,8,16,18H2,1-3H3,(H,31,32,33,34). The molecule has 3 heterocycles. The zero-order chi connectivity index (χ0) is 25.8. The number of aromatic nitrogens is 7. The van der Waals surface area contributed by atoms with Gasteiger partial charge in [-0.15, -0.1) is 5.10 Å². The average molecular weight is 494 g/mol. The molecule has 37 heavy (non-hydrogen) atoms. The van der Waals surface area contributed by atoms with E-state index in [2.05, 4.69) is 88.8 Å². The van der Waals surface area contributed by atoms with Gasteiger partial charge >= 0.3 is 5.69 Å². The molecule has 2 aromatic carbocycles. The summed E-state index contributed by atoms with van der Waals surface area (Å²) in [6.07, 6.45) is 7.30. The van der Waals surface area contributed by atoms with Gasteiger partial charge < -0.3 is 0 Å². The minimum atomic E-state index is 0.0304. The lowest BCUT2D eigenvalue weighted by atomic mass is 10.0. The van der Waals surface area contributed by atoms with Crippen molar-refractivity contribution in [3.8, 4) is 28.3 Å². The maximum absolute atomic E-state index is 13.6. The van der Waals surface area contributed by atoms with E-state index in [1.807, 2.05) is 27.5 Å². The highest BCUT2D eigenvalue weighted by Crippen LogP contribution is 2.27. The Balaban J connectivity index is 1.41. The second-order valence-corrected chi connectivity index (χ2v) is 9.21. The van der Waals surface area contributed by atoms with Gasteiger partial charge in [0.15, 0.2) is 5.82 Å². The lowest BCUT2D eigenvalue weighted by Gasteiger charge is -2.11. The predicted octanol–water partition coefficient (Wildman–Crippen LogP) is 4.95. The van der Waals surface area contributed by atoms with Crippen LogP contribution in [0.25, 0.3) is 28.3 Å². The molecule has 0 bridgehead atoms. The third-order valence-corrected chi connectivity index (χ3v) is 6.77. The van der Waals surface area contributed by atoms with Crippen LogP contribution < -0.4 is 5.69 Å². The average Bonchev–Trinajstić information content (AvgIpc) is 3.56. The van der Waals surface area contributed by atoms with Gasteiger partial charge in [-0.2, -0.15) is 0 Å². The quantitative estimate of drug-likeness (QED) is 0.314. The van der Waals surface area contributed by atoms with Crippen molar-refractivity contribution in [2.45, 2.75) is 53.0 Å². The largest absolute Gasteiger partial charge is 0.332 e. The summed E-state index contributed by atoms with van der Waals surface area (Å²) in [5.41, 5.74) is 8.24. The first-order chi connectivity index (χ1) is 18.1. The first kappa shape index (κ1) is 24.4. The van der Waals surface area contributed by atoms with Crippen LogP contribution in [0, 0.1) is 6.92 Å². The Hall–Kier alpha value is -4.33. The lowest BCUT2D eigenvalue weighted by molar-refractivity contribution is 0.626. The van der Waals surface area contributed by atoms with E-state index in [4.69, 9.17) is 0 Å². The SMILES string of the molecule is CCCc1cn(-c2c(C)cccc2CC)c(=O)n1CCc1ccc(-c2ncccc2-c2nnn[nH]2)cc1. The van der Waals surface area contributed by atoms with E-state index in [1.165, 1.54) is 5.56 Å². The highest BCUT2D eigenvalue weighted by molar-refractivity contribution is 5.76. The Labute approximate surface area is 216 Å². The number of nitrogens with zero attached hydrogens (tertiary/aromatic N) is 6. The molecule has 188 valence electrons. The van der Waals surface area contributed by atoms with Gasteiger partial charge in [0.2, 0.25) is 0 Å². The lowest BCUT2D eigenvalue weighted by Crippen LogP contribution is -2.26. The van der Waals surface area contributed by atoms with Crippen LogP contribution in [0.5, 0.6) is 0 Å². The molecule has 0 aliphatic carbocycles. The van der Waals surface area contributed by atoms with Crippen LogP contribution in [-0.2, 0) is 25.8 Å². The number of nitrogens with one attached hydrogen (secondary N) is 1. The summed E-state index contributed by atoms with van der Waals surface area (Å²) in [6.45, 7) is 6.99.